The molecular formula is C9H15NO4. The lowest BCUT2D eigenvalue weighted by Crippen LogP contribution is -2.43. The molecule has 0 saturated carbocycles. The van der Waals surface area contributed by atoms with Crippen LogP contribution in [0.15, 0.2) is 0 Å². The molecule has 1 aliphatic rings. The van der Waals surface area contributed by atoms with Crippen LogP contribution in [0.5, 0.6) is 0 Å². The van der Waals surface area contributed by atoms with Gasteiger partial charge in [0.15, 0.2) is 0 Å². The van der Waals surface area contributed by atoms with Gasteiger partial charge < -0.3 is 14.7 Å². The molecule has 0 aromatic rings. The summed E-state index contributed by atoms with van der Waals surface area (Å²) in [6.45, 7) is 2.27. The van der Waals surface area contributed by atoms with Gasteiger partial charge in [0.1, 0.15) is 5.92 Å². The predicted octanol–water partition coefficient (Wildman–Crippen LogP) is -0.0456. The SMILES string of the molecule is CCC(=O)N(C)C1COCC1C(=O)O. The van der Waals surface area contributed by atoms with Crippen molar-refractivity contribution in [2.24, 2.45) is 5.92 Å². The van der Waals surface area contributed by atoms with Gasteiger partial charge >= 0.3 is 5.97 Å². The highest BCUT2D eigenvalue weighted by atomic mass is 16.5. The zero-order chi connectivity index (χ0) is 10.7. The van der Waals surface area contributed by atoms with Crippen molar-refractivity contribution in [1.82, 2.24) is 4.90 Å². The molecule has 14 heavy (non-hydrogen) atoms. The number of hydrogen-bond donors (Lipinski definition) is 1. The second-order valence-corrected chi connectivity index (χ2v) is 3.41. The van der Waals surface area contributed by atoms with Crippen molar-refractivity contribution in [2.75, 3.05) is 20.3 Å². The summed E-state index contributed by atoms with van der Waals surface area (Å²) in [5.74, 6) is -1.54. The van der Waals surface area contributed by atoms with E-state index >= 15 is 0 Å². The first-order chi connectivity index (χ1) is 6.57. The number of carboxylic acids is 1. The summed E-state index contributed by atoms with van der Waals surface area (Å²) >= 11 is 0. The maximum Gasteiger partial charge on any atom is 0.311 e. The van der Waals surface area contributed by atoms with Crippen molar-refractivity contribution in [2.45, 2.75) is 19.4 Å². The summed E-state index contributed by atoms with van der Waals surface area (Å²) in [4.78, 5) is 23.6. The fourth-order valence-corrected chi connectivity index (χ4v) is 1.59. The molecule has 1 aliphatic heterocycles. The molecule has 0 bridgehead atoms. The van der Waals surface area contributed by atoms with Gasteiger partial charge in [-0.2, -0.15) is 0 Å². The molecule has 1 amide bonds. The standard InChI is InChI=1S/C9H15NO4/c1-3-8(11)10(2)7-5-14-4-6(7)9(12)13/h6-7H,3-5H2,1-2H3,(H,12,13). The van der Waals surface area contributed by atoms with Gasteiger partial charge in [0.25, 0.3) is 0 Å². The van der Waals surface area contributed by atoms with Crippen molar-refractivity contribution in [3.8, 4) is 0 Å². The molecule has 1 rings (SSSR count). The maximum atomic E-state index is 11.3. The minimum Gasteiger partial charge on any atom is -0.481 e. The van der Waals surface area contributed by atoms with E-state index in [-0.39, 0.29) is 18.6 Å². The highest BCUT2D eigenvalue weighted by Gasteiger charge is 2.37. The molecule has 1 N–H and O–H groups in total. The summed E-state index contributed by atoms with van der Waals surface area (Å²) in [6.07, 6.45) is 0.388. The van der Waals surface area contributed by atoms with Crippen molar-refractivity contribution in [3.63, 3.8) is 0 Å². The number of hydrogen-bond acceptors (Lipinski definition) is 3. The Bertz CT molecular complexity index is 241. The minimum atomic E-state index is -0.900. The average Bonchev–Trinajstić information content (AvgIpc) is 2.63. The van der Waals surface area contributed by atoms with Crippen LogP contribution in [0, 0.1) is 5.92 Å². The van der Waals surface area contributed by atoms with E-state index in [1.807, 2.05) is 0 Å². The summed E-state index contributed by atoms with van der Waals surface area (Å²) in [5, 5.41) is 8.87. The van der Waals surface area contributed by atoms with Crippen LogP contribution in [0.2, 0.25) is 0 Å². The third-order valence-corrected chi connectivity index (χ3v) is 2.56. The van der Waals surface area contributed by atoms with E-state index < -0.39 is 11.9 Å². The van der Waals surface area contributed by atoms with Crippen molar-refractivity contribution in [3.05, 3.63) is 0 Å². The number of nitrogens with zero attached hydrogens (tertiary/aromatic N) is 1. The Morgan fingerprint density at radius 2 is 2.14 bits per heavy atom. The fourth-order valence-electron chi connectivity index (χ4n) is 1.59. The van der Waals surface area contributed by atoms with Crippen LogP contribution in [-0.4, -0.2) is 48.2 Å². The van der Waals surface area contributed by atoms with Crippen molar-refractivity contribution < 1.29 is 19.4 Å². The number of rotatable bonds is 3. The summed E-state index contributed by atoms with van der Waals surface area (Å²) in [6, 6.07) is -0.319. The van der Waals surface area contributed by atoms with E-state index in [1.165, 1.54) is 4.90 Å². The topological polar surface area (TPSA) is 66.8 Å². The molecule has 1 heterocycles. The molecule has 5 heteroatoms. The smallest absolute Gasteiger partial charge is 0.311 e. The molecule has 2 atom stereocenters. The van der Waals surface area contributed by atoms with Gasteiger partial charge in [-0.3, -0.25) is 9.59 Å². The van der Waals surface area contributed by atoms with Gasteiger partial charge in [-0.25, -0.2) is 0 Å². The van der Waals surface area contributed by atoms with Gasteiger partial charge in [0.2, 0.25) is 5.91 Å². The number of amides is 1. The average molecular weight is 201 g/mol. The quantitative estimate of drug-likeness (QED) is 0.695. The summed E-state index contributed by atoms with van der Waals surface area (Å²) in [5.41, 5.74) is 0. The zero-order valence-electron chi connectivity index (χ0n) is 8.40. The van der Waals surface area contributed by atoms with Crippen LogP contribution in [0.4, 0.5) is 0 Å². The lowest BCUT2D eigenvalue weighted by Gasteiger charge is -2.25. The van der Waals surface area contributed by atoms with Gasteiger partial charge in [-0.15, -0.1) is 0 Å². The first kappa shape index (κ1) is 11.0. The Labute approximate surface area is 82.6 Å². The third kappa shape index (κ3) is 2.04. The van der Waals surface area contributed by atoms with Crippen LogP contribution in [0.25, 0.3) is 0 Å². The van der Waals surface area contributed by atoms with Crippen LogP contribution in [0.1, 0.15) is 13.3 Å². The molecule has 1 saturated heterocycles. The van der Waals surface area contributed by atoms with E-state index in [1.54, 1.807) is 14.0 Å². The third-order valence-electron chi connectivity index (χ3n) is 2.56. The highest BCUT2D eigenvalue weighted by Crippen LogP contribution is 2.19. The molecule has 0 spiro atoms. The molecule has 80 valence electrons. The fraction of sp³-hybridized carbons (Fsp3) is 0.778. The molecule has 2 unspecified atom stereocenters. The lowest BCUT2D eigenvalue weighted by atomic mass is 10.0. The molecule has 5 nitrogen and oxygen atoms in total. The van der Waals surface area contributed by atoms with Crippen LogP contribution >= 0.6 is 0 Å². The Morgan fingerprint density at radius 3 is 2.64 bits per heavy atom. The summed E-state index contributed by atoms with van der Waals surface area (Å²) in [7, 11) is 1.63. The van der Waals surface area contributed by atoms with Crippen molar-refractivity contribution in [1.29, 1.82) is 0 Å². The molecule has 0 aliphatic carbocycles. The first-order valence-corrected chi connectivity index (χ1v) is 4.64. The number of carbonyl (C=O) groups excluding carboxylic acids is 1. The van der Waals surface area contributed by atoms with Gasteiger partial charge in [-0.1, -0.05) is 6.92 Å². The van der Waals surface area contributed by atoms with E-state index in [0.717, 1.165) is 0 Å². The number of aliphatic carboxylic acids is 1. The molecule has 1 fully saturated rings. The Hall–Kier alpha value is -1.10. The van der Waals surface area contributed by atoms with Gasteiger partial charge in [0.05, 0.1) is 19.3 Å². The molecular weight excluding hydrogens is 186 g/mol. The van der Waals surface area contributed by atoms with E-state index in [4.69, 9.17) is 9.84 Å². The number of carbonyl (C=O) groups is 2. The summed E-state index contributed by atoms with van der Waals surface area (Å²) < 4.78 is 5.07. The normalized spacial score (nSPS) is 26.1. The maximum absolute atomic E-state index is 11.3. The number of carboxylic acid groups (broad SMARTS) is 1. The zero-order valence-corrected chi connectivity index (χ0v) is 8.40. The molecule has 0 aromatic heterocycles. The Kier molecular flexibility index (Phi) is 3.46. The molecule has 0 aromatic carbocycles. The van der Waals surface area contributed by atoms with Crippen molar-refractivity contribution >= 4 is 11.9 Å². The second-order valence-electron chi connectivity index (χ2n) is 3.41. The largest absolute Gasteiger partial charge is 0.481 e. The highest BCUT2D eigenvalue weighted by molar-refractivity contribution is 5.78. The second kappa shape index (κ2) is 4.41. The van der Waals surface area contributed by atoms with Crippen LogP contribution in [-0.2, 0) is 14.3 Å². The van der Waals surface area contributed by atoms with Gasteiger partial charge in [0, 0.05) is 13.5 Å². The van der Waals surface area contributed by atoms with Crippen LogP contribution < -0.4 is 0 Å². The molecule has 0 radical (unpaired) electrons. The van der Waals surface area contributed by atoms with Gasteiger partial charge in [-0.05, 0) is 0 Å². The first-order valence-electron chi connectivity index (χ1n) is 4.64. The van der Waals surface area contributed by atoms with E-state index in [0.29, 0.717) is 13.0 Å². The predicted molar refractivity (Wildman–Crippen MR) is 48.8 cm³/mol. The monoisotopic (exact) mass is 201 g/mol. The van der Waals surface area contributed by atoms with E-state index in [9.17, 15) is 9.59 Å². The Morgan fingerprint density at radius 1 is 1.50 bits per heavy atom. The number of ether oxygens (including phenoxy) is 1. The van der Waals surface area contributed by atoms with Crippen LogP contribution in [0.3, 0.4) is 0 Å². The lowest BCUT2D eigenvalue weighted by molar-refractivity contribution is -0.144. The number of likely N-dealkylation sites (N-methyl/N-ethyl adjacent to an activating group) is 1. The Balaban J connectivity index is 2.66. The van der Waals surface area contributed by atoms with E-state index in [2.05, 4.69) is 0 Å². The minimum absolute atomic E-state index is 0.0493.